The van der Waals surface area contributed by atoms with Gasteiger partial charge in [-0.3, -0.25) is 0 Å². The molecular weight excluding hydrogens is 284 g/mol. The largest absolute Gasteiger partial charge is 0.480 e. The molecule has 2 aliphatic rings. The average molecular weight is 302 g/mol. The summed E-state index contributed by atoms with van der Waals surface area (Å²) in [5.74, 6) is -0.335. The predicted octanol–water partition coefficient (Wildman–Crippen LogP) is 0.246. The van der Waals surface area contributed by atoms with Crippen molar-refractivity contribution >= 4 is 29.7 Å². The Kier molecular flexibility index (Phi) is 4.74. The third-order valence-corrected chi connectivity index (χ3v) is 4.65. The van der Waals surface area contributed by atoms with Gasteiger partial charge in [0.15, 0.2) is 0 Å². The highest BCUT2D eigenvalue weighted by Gasteiger charge is 2.41. The van der Waals surface area contributed by atoms with Crippen molar-refractivity contribution in [3.05, 3.63) is 0 Å². The minimum absolute atomic E-state index is 0.370. The maximum Gasteiger partial charge on any atom is 0.328 e. The normalized spacial score (nSPS) is 26.4. The molecule has 112 valence electrons. The van der Waals surface area contributed by atoms with Crippen molar-refractivity contribution in [2.24, 2.45) is 0 Å². The Morgan fingerprint density at radius 3 is 2.55 bits per heavy atom. The summed E-state index contributed by atoms with van der Waals surface area (Å²) in [6.45, 7) is 0.861. The standard InChI is InChI=1S/C12H18N2O5S/c1-19-11(17)8-3-2-4-13(8)12(18)14-5-6-20-7-9(14)10(15)16/h8-9H,2-7H2,1H3,(H,15,16). The number of hydrogen-bond donors (Lipinski definition) is 1. The van der Waals surface area contributed by atoms with Crippen molar-refractivity contribution in [3.8, 4) is 0 Å². The van der Waals surface area contributed by atoms with Gasteiger partial charge in [0.1, 0.15) is 12.1 Å². The molecule has 0 radical (unpaired) electrons. The van der Waals surface area contributed by atoms with Crippen molar-refractivity contribution in [1.82, 2.24) is 9.80 Å². The number of amides is 2. The number of carbonyl (C=O) groups excluding carboxylic acids is 2. The summed E-state index contributed by atoms with van der Waals surface area (Å²) < 4.78 is 4.70. The summed E-state index contributed by atoms with van der Waals surface area (Å²) in [5.41, 5.74) is 0. The van der Waals surface area contributed by atoms with Gasteiger partial charge in [0.2, 0.25) is 0 Å². The lowest BCUT2D eigenvalue weighted by molar-refractivity contribution is -0.145. The Morgan fingerprint density at radius 1 is 1.20 bits per heavy atom. The Morgan fingerprint density at radius 2 is 1.90 bits per heavy atom. The fourth-order valence-electron chi connectivity index (χ4n) is 2.58. The molecule has 2 aliphatic heterocycles. The minimum atomic E-state index is -1.00. The molecule has 0 aromatic rings. The minimum Gasteiger partial charge on any atom is -0.480 e. The molecule has 2 fully saturated rings. The summed E-state index contributed by atoms with van der Waals surface area (Å²) >= 11 is 1.52. The lowest BCUT2D eigenvalue weighted by Gasteiger charge is -2.36. The number of aliphatic carboxylic acids is 1. The molecule has 0 bridgehead atoms. The summed E-state index contributed by atoms with van der Waals surface area (Å²) in [5, 5.41) is 9.20. The van der Waals surface area contributed by atoms with Crippen molar-refractivity contribution in [2.75, 3.05) is 31.7 Å². The van der Waals surface area contributed by atoms with Crippen LogP contribution in [0, 0.1) is 0 Å². The molecular formula is C12H18N2O5S. The smallest absolute Gasteiger partial charge is 0.328 e. The molecule has 0 aliphatic carbocycles. The zero-order valence-electron chi connectivity index (χ0n) is 11.3. The van der Waals surface area contributed by atoms with Crippen LogP contribution in [0.3, 0.4) is 0 Å². The second-order valence-corrected chi connectivity index (χ2v) is 5.93. The number of likely N-dealkylation sites (tertiary alicyclic amines) is 1. The number of rotatable bonds is 2. The fraction of sp³-hybridized carbons (Fsp3) is 0.750. The zero-order chi connectivity index (χ0) is 14.7. The third kappa shape index (κ3) is 2.84. The molecule has 2 amide bonds. The third-order valence-electron chi connectivity index (χ3n) is 3.63. The number of thioether (sulfide) groups is 1. The van der Waals surface area contributed by atoms with Crippen molar-refractivity contribution in [2.45, 2.75) is 24.9 Å². The van der Waals surface area contributed by atoms with Crippen LogP contribution in [0.5, 0.6) is 0 Å². The van der Waals surface area contributed by atoms with Crippen LogP contribution in [0.4, 0.5) is 4.79 Å². The summed E-state index contributed by atoms with van der Waals surface area (Å²) in [4.78, 5) is 38.2. The van der Waals surface area contributed by atoms with Gasteiger partial charge in [-0.1, -0.05) is 0 Å². The van der Waals surface area contributed by atoms with Crippen molar-refractivity contribution < 1.29 is 24.2 Å². The molecule has 1 N–H and O–H groups in total. The van der Waals surface area contributed by atoms with Gasteiger partial charge in [0, 0.05) is 24.6 Å². The number of carboxylic acids is 1. The van der Waals surface area contributed by atoms with Gasteiger partial charge in [-0.05, 0) is 12.8 Å². The first-order valence-electron chi connectivity index (χ1n) is 6.52. The molecule has 2 unspecified atom stereocenters. The number of hydrogen-bond acceptors (Lipinski definition) is 5. The van der Waals surface area contributed by atoms with Crippen LogP contribution in [0.1, 0.15) is 12.8 Å². The van der Waals surface area contributed by atoms with E-state index in [-0.39, 0.29) is 6.03 Å². The van der Waals surface area contributed by atoms with Crippen LogP contribution in [0.2, 0.25) is 0 Å². The van der Waals surface area contributed by atoms with Crippen LogP contribution in [-0.2, 0) is 14.3 Å². The van der Waals surface area contributed by atoms with E-state index in [1.54, 1.807) is 0 Å². The molecule has 0 saturated carbocycles. The molecule has 0 spiro atoms. The Hall–Kier alpha value is -1.44. The number of carbonyl (C=O) groups is 3. The summed E-state index contributed by atoms with van der Waals surface area (Å²) in [7, 11) is 1.29. The van der Waals surface area contributed by atoms with Gasteiger partial charge in [-0.15, -0.1) is 0 Å². The number of ether oxygens (including phenoxy) is 1. The van der Waals surface area contributed by atoms with E-state index in [0.29, 0.717) is 31.0 Å². The lowest BCUT2D eigenvalue weighted by atomic mass is 10.2. The average Bonchev–Trinajstić information content (AvgIpc) is 2.95. The monoisotopic (exact) mass is 302 g/mol. The van der Waals surface area contributed by atoms with Crippen LogP contribution in [-0.4, -0.2) is 76.7 Å². The van der Waals surface area contributed by atoms with Crippen molar-refractivity contribution in [1.29, 1.82) is 0 Å². The predicted molar refractivity (Wildman–Crippen MR) is 72.6 cm³/mol. The fourth-order valence-corrected chi connectivity index (χ4v) is 3.62. The molecule has 0 aromatic carbocycles. The van der Waals surface area contributed by atoms with Gasteiger partial charge in [0.05, 0.1) is 7.11 Å². The van der Waals surface area contributed by atoms with Gasteiger partial charge in [-0.25, -0.2) is 14.4 Å². The SMILES string of the molecule is COC(=O)C1CCCN1C(=O)N1CCSCC1C(=O)O. The highest BCUT2D eigenvalue weighted by molar-refractivity contribution is 7.99. The number of methoxy groups -OCH3 is 1. The van der Waals surface area contributed by atoms with Gasteiger partial charge >= 0.3 is 18.0 Å². The second kappa shape index (κ2) is 6.34. The summed E-state index contributed by atoms with van der Waals surface area (Å²) in [6.07, 6.45) is 1.30. The summed E-state index contributed by atoms with van der Waals surface area (Å²) in [6, 6.07) is -1.78. The number of esters is 1. The molecule has 2 rings (SSSR count). The maximum absolute atomic E-state index is 12.5. The number of urea groups is 1. The van der Waals surface area contributed by atoms with Crippen LogP contribution < -0.4 is 0 Å². The Balaban J connectivity index is 2.12. The molecule has 0 aromatic heterocycles. The van der Waals surface area contributed by atoms with E-state index in [1.807, 2.05) is 0 Å². The van der Waals surface area contributed by atoms with E-state index in [4.69, 9.17) is 4.74 Å². The second-order valence-electron chi connectivity index (χ2n) is 4.78. The molecule has 20 heavy (non-hydrogen) atoms. The van der Waals surface area contributed by atoms with E-state index < -0.39 is 24.0 Å². The number of nitrogens with zero attached hydrogens (tertiary/aromatic N) is 2. The first-order valence-corrected chi connectivity index (χ1v) is 7.67. The Bertz CT molecular complexity index is 417. The first-order chi connectivity index (χ1) is 9.56. The molecule has 2 saturated heterocycles. The van der Waals surface area contributed by atoms with Crippen LogP contribution in [0.15, 0.2) is 0 Å². The first kappa shape index (κ1) is 15.0. The van der Waals surface area contributed by atoms with E-state index >= 15 is 0 Å². The highest BCUT2D eigenvalue weighted by atomic mass is 32.2. The van der Waals surface area contributed by atoms with Gasteiger partial charge in [0.25, 0.3) is 0 Å². The van der Waals surface area contributed by atoms with Gasteiger partial charge in [-0.2, -0.15) is 11.8 Å². The van der Waals surface area contributed by atoms with Crippen LogP contribution in [0.25, 0.3) is 0 Å². The Labute approximate surface area is 121 Å². The molecule has 7 nitrogen and oxygen atoms in total. The van der Waals surface area contributed by atoms with E-state index in [1.165, 1.54) is 28.7 Å². The van der Waals surface area contributed by atoms with Gasteiger partial charge < -0.3 is 19.6 Å². The maximum atomic E-state index is 12.5. The quantitative estimate of drug-likeness (QED) is 0.736. The molecule has 2 heterocycles. The van der Waals surface area contributed by atoms with E-state index in [2.05, 4.69) is 0 Å². The molecule has 8 heteroatoms. The van der Waals surface area contributed by atoms with E-state index in [9.17, 15) is 19.5 Å². The van der Waals surface area contributed by atoms with Crippen LogP contribution >= 0.6 is 11.8 Å². The highest BCUT2D eigenvalue weighted by Crippen LogP contribution is 2.24. The van der Waals surface area contributed by atoms with Crippen molar-refractivity contribution in [3.63, 3.8) is 0 Å². The number of carboxylic acid groups (broad SMARTS) is 1. The zero-order valence-corrected chi connectivity index (χ0v) is 12.1. The topological polar surface area (TPSA) is 87.2 Å². The molecule has 2 atom stereocenters. The van der Waals surface area contributed by atoms with E-state index in [0.717, 1.165) is 6.42 Å². The lowest BCUT2D eigenvalue weighted by Crippen LogP contribution is -2.56.